The number of nitrogens with zero attached hydrogens (tertiary/aromatic N) is 1. The Morgan fingerprint density at radius 3 is 2.17 bits per heavy atom. The molecule has 0 heterocycles. The maximum Gasteiger partial charge on any atom is 0.243 e. The number of hydrogen-bond donors (Lipinski definition) is 0. The maximum absolute atomic E-state index is 12.3. The van der Waals surface area contributed by atoms with Gasteiger partial charge in [0, 0.05) is 11.2 Å². The maximum atomic E-state index is 12.3. The van der Waals surface area contributed by atoms with Gasteiger partial charge in [0.2, 0.25) is 12.3 Å². The summed E-state index contributed by atoms with van der Waals surface area (Å²) in [6.45, 7) is 9.87. The van der Waals surface area contributed by atoms with Gasteiger partial charge in [-0.05, 0) is 27.7 Å². The zero-order chi connectivity index (χ0) is 19.0. The number of carbonyl (C=O) groups is 3. The molecule has 8 heteroatoms. The van der Waals surface area contributed by atoms with E-state index in [2.05, 4.69) is 31.9 Å². The number of halogens is 2. The molecule has 24 heavy (non-hydrogen) atoms. The molecule has 0 spiro atoms. The van der Waals surface area contributed by atoms with Gasteiger partial charge in [-0.25, -0.2) is 0 Å². The molecule has 2 unspecified atom stereocenters. The smallest absolute Gasteiger partial charge is 0.243 e. The normalized spacial score (nSPS) is 14.8. The fourth-order valence-corrected chi connectivity index (χ4v) is 2.26. The first kappa shape index (κ1) is 23.7. The van der Waals surface area contributed by atoms with E-state index in [-0.39, 0.29) is 23.9 Å². The van der Waals surface area contributed by atoms with Crippen molar-refractivity contribution in [2.45, 2.75) is 61.9 Å². The van der Waals surface area contributed by atoms with Crippen LogP contribution in [0.25, 0.3) is 0 Å². The highest BCUT2D eigenvalue weighted by Gasteiger charge is 2.32. The third kappa shape index (κ3) is 9.25. The molecule has 140 valence electrons. The van der Waals surface area contributed by atoms with Crippen LogP contribution in [0, 0.1) is 0 Å². The predicted molar refractivity (Wildman–Crippen MR) is 99.6 cm³/mol. The fraction of sp³-hybridized carbons (Fsp3) is 0.812. The van der Waals surface area contributed by atoms with Crippen LogP contribution in [0.3, 0.4) is 0 Å². The van der Waals surface area contributed by atoms with Crippen LogP contribution in [0.4, 0.5) is 0 Å². The quantitative estimate of drug-likeness (QED) is 0.248. The molecule has 0 aromatic heterocycles. The molecule has 0 radical (unpaired) electrons. The summed E-state index contributed by atoms with van der Waals surface area (Å²) in [5.74, 6) is -0.326. The van der Waals surface area contributed by atoms with Crippen LogP contribution in [0.5, 0.6) is 0 Å². The number of alkyl halides is 2. The molecular weight excluding hydrogens is 446 g/mol. The Labute approximate surface area is 160 Å². The monoisotopic (exact) mass is 471 g/mol. The van der Waals surface area contributed by atoms with Gasteiger partial charge in [-0.2, -0.15) is 0 Å². The van der Waals surface area contributed by atoms with E-state index < -0.39 is 16.0 Å². The third-order valence-corrected chi connectivity index (χ3v) is 5.56. The van der Waals surface area contributed by atoms with Crippen LogP contribution < -0.4 is 0 Å². The molecule has 0 fully saturated rings. The summed E-state index contributed by atoms with van der Waals surface area (Å²) in [6, 6.07) is 0. The van der Waals surface area contributed by atoms with Gasteiger partial charge in [-0.1, -0.05) is 38.8 Å². The number of hydrogen-bond acceptors (Lipinski definition) is 5. The molecule has 0 bridgehead atoms. The first-order valence-electron chi connectivity index (χ1n) is 7.71. The van der Waals surface area contributed by atoms with Crippen molar-refractivity contribution in [2.24, 2.45) is 0 Å². The van der Waals surface area contributed by atoms with E-state index in [0.29, 0.717) is 19.4 Å². The average molecular weight is 473 g/mol. The third-order valence-electron chi connectivity index (χ3n) is 3.14. The Kier molecular flexibility index (Phi) is 10.5. The van der Waals surface area contributed by atoms with Gasteiger partial charge in [-0.3, -0.25) is 14.5 Å². The Morgan fingerprint density at radius 1 is 1.12 bits per heavy atom. The number of ether oxygens (including phenoxy) is 2. The summed E-state index contributed by atoms with van der Waals surface area (Å²) >= 11 is 6.60. The second-order valence-corrected chi connectivity index (χ2v) is 9.19. The lowest BCUT2D eigenvalue weighted by molar-refractivity contribution is -0.149. The van der Waals surface area contributed by atoms with E-state index in [1.165, 1.54) is 0 Å². The number of amides is 2. The number of rotatable bonds is 12. The molecule has 0 rings (SSSR count). The van der Waals surface area contributed by atoms with Crippen molar-refractivity contribution in [3.63, 3.8) is 0 Å². The minimum atomic E-state index is -0.732. The Morgan fingerprint density at radius 2 is 1.71 bits per heavy atom. The molecule has 0 aliphatic carbocycles. The van der Waals surface area contributed by atoms with E-state index in [1.807, 2.05) is 20.8 Å². The van der Waals surface area contributed by atoms with Crippen LogP contribution >= 0.6 is 31.9 Å². The van der Waals surface area contributed by atoms with Crippen LogP contribution in [0.2, 0.25) is 0 Å². The van der Waals surface area contributed by atoms with Crippen molar-refractivity contribution >= 4 is 50.5 Å². The molecule has 2 atom stereocenters. The minimum absolute atomic E-state index is 0.110. The zero-order valence-electron chi connectivity index (χ0n) is 14.9. The number of carbonyl (C=O) groups excluding carboxylic acids is 3. The summed E-state index contributed by atoms with van der Waals surface area (Å²) < 4.78 is 11.4. The topological polar surface area (TPSA) is 72.9 Å². The molecular formula is C16H27Br2NO5. The zero-order valence-corrected chi connectivity index (χ0v) is 18.1. The lowest BCUT2D eigenvalue weighted by Crippen LogP contribution is -2.48. The van der Waals surface area contributed by atoms with Crippen LogP contribution in [0.15, 0.2) is 0 Å². The van der Waals surface area contributed by atoms with Crippen molar-refractivity contribution in [2.75, 3.05) is 19.8 Å². The standard InChI is InChI=1S/C16H27Br2NO5/c1-12(17)13(18)14(22)19(11-21)9-15(2,3)24-10-16(4,5)23-8-6-7-20/h7,11-13H,6,8-10H2,1-5H3. The first-order chi connectivity index (χ1) is 11.0. The summed E-state index contributed by atoms with van der Waals surface area (Å²) in [5, 5.41) is 0. The van der Waals surface area contributed by atoms with E-state index >= 15 is 0 Å². The Bertz CT molecular complexity index is 427. The molecule has 0 N–H and O–H groups in total. The molecule has 6 nitrogen and oxygen atoms in total. The van der Waals surface area contributed by atoms with Gasteiger partial charge in [0.25, 0.3) is 0 Å². The second-order valence-electron chi connectivity index (χ2n) is 6.76. The Balaban J connectivity index is 4.67. The number of aldehydes is 1. The van der Waals surface area contributed by atoms with Crippen LogP contribution in [-0.2, 0) is 23.9 Å². The van der Waals surface area contributed by atoms with Gasteiger partial charge >= 0.3 is 0 Å². The fourth-order valence-electron chi connectivity index (χ4n) is 1.77. The lowest BCUT2D eigenvalue weighted by atomic mass is 10.1. The molecule has 0 saturated carbocycles. The van der Waals surface area contributed by atoms with Crippen molar-refractivity contribution in [3.05, 3.63) is 0 Å². The molecule has 0 aromatic carbocycles. The molecule has 0 aliphatic rings. The summed E-state index contributed by atoms with van der Waals surface area (Å²) in [5.41, 5.74) is -1.30. The van der Waals surface area contributed by atoms with E-state index in [1.54, 1.807) is 13.8 Å². The van der Waals surface area contributed by atoms with Gasteiger partial charge in [0.15, 0.2) is 0 Å². The summed E-state index contributed by atoms with van der Waals surface area (Å²) in [4.78, 5) is 34.4. The molecule has 0 saturated heterocycles. The second kappa shape index (κ2) is 10.6. The van der Waals surface area contributed by atoms with Crippen molar-refractivity contribution in [3.8, 4) is 0 Å². The largest absolute Gasteiger partial charge is 0.373 e. The van der Waals surface area contributed by atoms with Gasteiger partial charge < -0.3 is 14.3 Å². The van der Waals surface area contributed by atoms with Crippen LogP contribution in [-0.4, -0.2) is 64.1 Å². The predicted octanol–water partition coefficient (Wildman–Crippen LogP) is 2.70. The highest BCUT2D eigenvalue weighted by atomic mass is 79.9. The summed E-state index contributed by atoms with van der Waals surface area (Å²) in [6.07, 6.45) is 1.65. The highest BCUT2D eigenvalue weighted by molar-refractivity contribution is 9.12. The average Bonchev–Trinajstić information content (AvgIpc) is 2.49. The minimum Gasteiger partial charge on any atom is -0.373 e. The van der Waals surface area contributed by atoms with Gasteiger partial charge in [-0.15, -0.1) is 0 Å². The van der Waals surface area contributed by atoms with E-state index in [9.17, 15) is 14.4 Å². The SMILES string of the molecule is CC(Br)C(Br)C(=O)N(C=O)CC(C)(C)OCC(C)(C)OCCC=O. The highest BCUT2D eigenvalue weighted by Crippen LogP contribution is 2.20. The molecule has 2 amide bonds. The van der Waals surface area contributed by atoms with Crippen molar-refractivity contribution in [1.82, 2.24) is 4.90 Å². The van der Waals surface area contributed by atoms with Crippen molar-refractivity contribution in [1.29, 1.82) is 0 Å². The first-order valence-corrected chi connectivity index (χ1v) is 9.54. The van der Waals surface area contributed by atoms with Crippen molar-refractivity contribution < 1.29 is 23.9 Å². The van der Waals surface area contributed by atoms with Gasteiger partial charge in [0.1, 0.15) is 11.1 Å². The van der Waals surface area contributed by atoms with E-state index in [0.717, 1.165) is 11.2 Å². The Hall–Kier alpha value is -0.310. The lowest BCUT2D eigenvalue weighted by Gasteiger charge is -2.34. The molecule has 0 aliphatic heterocycles. The molecule has 0 aromatic rings. The van der Waals surface area contributed by atoms with Crippen LogP contribution in [0.1, 0.15) is 41.0 Å². The summed E-state index contributed by atoms with van der Waals surface area (Å²) in [7, 11) is 0. The number of imide groups is 1. The van der Waals surface area contributed by atoms with E-state index in [4.69, 9.17) is 9.47 Å². The van der Waals surface area contributed by atoms with Gasteiger partial charge in [0.05, 0.1) is 31.0 Å².